The number of hydrogen-bond acceptors (Lipinski definition) is 5. The number of hydrogen-bond donors (Lipinski definition) is 0. The minimum atomic E-state index is -1.65. The summed E-state index contributed by atoms with van der Waals surface area (Å²) in [5.41, 5.74) is 1.76. The van der Waals surface area contributed by atoms with Gasteiger partial charge in [0.05, 0.1) is 16.3 Å². The second-order valence-electron chi connectivity index (χ2n) is 5.30. The Hall–Kier alpha value is -2.44. The molecule has 2 aliphatic heterocycles. The molecule has 6 nitrogen and oxygen atoms in total. The molecule has 1 aromatic heterocycles. The molecule has 2 aromatic rings. The lowest BCUT2D eigenvalue weighted by Crippen LogP contribution is -2.52. The maximum atomic E-state index is 12.9. The van der Waals surface area contributed by atoms with Gasteiger partial charge in [0, 0.05) is 12.8 Å². The number of ether oxygens (including phenoxy) is 2. The van der Waals surface area contributed by atoms with Crippen molar-refractivity contribution in [3.8, 4) is 0 Å². The van der Waals surface area contributed by atoms with Gasteiger partial charge in [0.15, 0.2) is 0 Å². The molecule has 0 N–H and O–H groups in total. The molecular weight excluding hydrogens is 320 g/mol. The van der Waals surface area contributed by atoms with Crippen LogP contribution in [0.5, 0.6) is 0 Å². The fourth-order valence-corrected chi connectivity index (χ4v) is 3.27. The third-order valence-corrected chi connectivity index (χ3v) is 4.33. The van der Waals surface area contributed by atoms with Crippen molar-refractivity contribution in [2.45, 2.75) is 12.8 Å². The molecule has 0 radical (unpaired) electrons. The van der Waals surface area contributed by atoms with E-state index in [9.17, 15) is 9.59 Å². The second-order valence-corrected chi connectivity index (χ2v) is 5.71. The molecule has 0 saturated heterocycles. The highest BCUT2D eigenvalue weighted by molar-refractivity contribution is 6.35. The van der Waals surface area contributed by atoms with Crippen LogP contribution in [0.25, 0.3) is 0 Å². The minimum absolute atomic E-state index is 0.139. The Kier molecular flexibility index (Phi) is 2.79. The molecule has 7 heteroatoms. The number of benzene rings is 1. The number of carbonyl (C=O) groups is 2. The molecule has 1 unspecified atom stereocenters. The number of nitrogens with zero attached hydrogens (tertiary/aromatic N) is 2. The van der Waals surface area contributed by atoms with Crippen molar-refractivity contribution in [3.05, 3.63) is 57.9 Å². The van der Waals surface area contributed by atoms with Crippen molar-refractivity contribution in [1.82, 2.24) is 4.98 Å². The van der Waals surface area contributed by atoms with Crippen LogP contribution in [0.1, 0.15) is 32.1 Å². The number of carbonyl (C=O) groups excluding carboxylic acids is 2. The van der Waals surface area contributed by atoms with Gasteiger partial charge in [0.25, 0.3) is 5.91 Å². The van der Waals surface area contributed by atoms with E-state index in [2.05, 4.69) is 4.98 Å². The van der Waals surface area contributed by atoms with Crippen LogP contribution in [0.4, 0.5) is 5.69 Å². The van der Waals surface area contributed by atoms with Crippen molar-refractivity contribution in [2.75, 3.05) is 12.0 Å². The Morgan fingerprint density at radius 3 is 2.78 bits per heavy atom. The third kappa shape index (κ3) is 1.64. The van der Waals surface area contributed by atoms with Gasteiger partial charge in [-0.05, 0) is 31.2 Å². The lowest BCUT2D eigenvalue weighted by Gasteiger charge is -2.40. The van der Waals surface area contributed by atoms with E-state index in [1.807, 2.05) is 0 Å². The van der Waals surface area contributed by atoms with E-state index < -0.39 is 17.8 Å². The molecule has 0 bridgehead atoms. The van der Waals surface area contributed by atoms with E-state index in [0.717, 1.165) is 0 Å². The number of aryl methyl sites for hydroxylation is 1. The molecular formula is C16H11ClN2O4. The molecule has 0 aliphatic carbocycles. The van der Waals surface area contributed by atoms with Gasteiger partial charge in [-0.1, -0.05) is 17.7 Å². The summed E-state index contributed by atoms with van der Waals surface area (Å²) in [5.74, 6) is -2.70. The lowest BCUT2D eigenvalue weighted by molar-refractivity contribution is -0.190. The first-order valence-corrected chi connectivity index (χ1v) is 7.27. The summed E-state index contributed by atoms with van der Waals surface area (Å²) in [6.07, 6.45) is 0. The summed E-state index contributed by atoms with van der Waals surface area (Å²) >= 11 is 6.11. The van der Waals surface area contributed by atoms with Gasteiger partial charge < -0.3 is 9.47 Å². The Morgan fingerprint density at radius 1 is 1.26 bits per heavy atom. The van der Waals surface area contributed by atoms with Crippen LogP contribution >= 0.6 is 11.6 Å². The van der Waals surface area contributed by atoms with Gasteiger partial charge >= 0.3 is 11.9 Å². The number of rotatable bonds is 1. The molecule has 0 fully saturated rings. The summed E-state index contributed by atoms with van der Waals surface area (Å²) in [6, 6.07) is 8.28. The fraction of sp³-hybridized carbons (Fsp3) is 0.188. The van der Waals surface area contributed by atoms with E-state index in [1.54, 1.807) is 37.3 Å². The maximum absolute atomic E-state index is 12.9. The smallest absolute Gasteiger partial charge is 0.345 e. The molecule has 0 saturated carbocycles. The quantitative estimate of drug-likeness (QED) is 0.752. The van der Waals surface area contributed by atoms with E-state index in [1.165, 1.54) is 12.0 Å². The second kappa shape index (κ2) is 4.53. The van der Waals surface area contributed by atoms with Crippen LogP contribution in [0.3, 0.4) is 0 Å². The zero-order chi connectivity index (χ0) is 16.4. The van der Waals surface area contributed by atoms with Gasteiger partial charge in [-0.25, -0.2) is 14.7 Å². The number of anilines is 1. The molecule has 116 valence electrons. The fourth-order valence-electron chi connectivity index (χ4n) is 3.02. The highest BCUT2D eigenvalue weighted by Gasteiger charge is 2.59. The van der Waals surface area contributed by atoms with Crippen LogP contribution in [-0.2, 0) is 15.4 Å². The first-order valence-electron chi connectivity index (χ1n) is 6.89. The van der Waals surface area contributed by atoms with Crippen molar-refractivity contribution in [1.29, 1.82) is 0 Å². The van der Waals surface area contributed by atoms with E-state index in [-0.39, 0.29) is 16.3 Å². The first-order chi connectivity index (χ1) is 11.0. The van der Waals surface area contributed by atoms with Crippen LogP contribution in [-0.4, -0.2) is 24.0 Å². The number of pyridine rings is 1. The average molecular weight is 331 g/mol. The van der Waals surface area contributed by atoms with E-state index in [4.69, 9.17) is 21.1 Å². The molecule has 2 aliphatic rings. The van der Waals surface area contributed by atoms with Gasteiger partial charge in [-0.2, -0.15) is 0 Å². The van der Waals surface area contributed by atoms with Gasteiger partial charge in [0.1, 0.15) is 11.3 Å². The molecule has 1 amide bonds. The van der Waals surface area contributed by atoms with Crippen molar-refractivity contribution in [2.24, 2.45) is 0 Å². The highest BCUT2D eigenvalue weighted by Crippen LogP contribution is 2.49. The molecule has 3 heterocycles. The molecule has 0 spiro atoms. The predicted octanol–water partition coefficient (Wildman–Crippen LogP) is 2.63. The first kappa shape index (κ1) is 14.2. The van der Waals surface area contributed by atoms with Crippen LogP contribution in [0, 0.1) is 6.92 Å². The maximum Gasteiger partial charge on any atom is 0.345 e. The van der Waals surface area contributed by atoms with Gasteiger partial charge in [-0.3, -0.25) is 4.79 Å². The van der Waals surface area contributed by atoms with Crippen LogP contribution in [0.15, 0.2) is 30.3 Å². The molecule has 1 atom stereocenters. The van der Waals surface area contributed by atoms with Gasteiger partial charge in [0.2, 0.25) is 0 Å². The Morgan fingerprint density at radius 2 is 2.04 bits per heavy atom. The Bertz CT molecular complexity index is 882. The Labute approximate surface area is 136 Å². The normalized spacial score (nSPS) is 21.6. The molecule has 4 rings (SSSR count). The summed E-state index contributed by atoms with van der Waals surface area (Å²) in [5, 5.41) is 0.213. The highest BCUT2D eigenvalue weighted by atomic mass is 35.5. The monoisotopic (exact) mass is 330 g/mol. The lowest BCUT2D eigenvalue weighted by atomic mass is 10.1. The summed E-state index contributed by atoms with van der Waals surface area (Å²) in [7, 11) is 1.37. The number of methoxy groups -OCH3 is 1. The predicted molar refractivity (Wildman–Crippen MR) is 81.3 cm³/mol. The Balaban J connectivity index is 2.05. The standard InChI is InChI=1S/C16H11ClN2O4/c1-8-6-7-9-13(18-8)14(20)19-11-5-3-4-10(17)12(11)15(21)23-16(9,19)22-2/h3-7H,1-2H3. The number of amides is 1. The number of fused-ring (bicyclic) bond motifs is 5. The van der Waals surface area contributed by atoms with Crippen molar-refractivity contribution >= 4 is 29.2 Å². The topological polar surface area (TPSA) is 68.7 Å². The zero-order valence-electron chi connectivity index (χ0n) is 12.3. The zero-order valence-corrected chi connectivity index (χ0v) is 13.0. The van der Waals surface area contributed by atoms with E-state index >= 15 is 0 Å². The number of esters is 1. The van der Waals surface area contributed by atoms with Gasteiger partial charge in [-0.15, -0.1) is 0 Å². The SMILES string of the molecule is COC12OC(=O)c3c(Cl)cccc3N1C(=O)c1nc(C)ccc12. The van der Waals surface area contributed by atoms with Crippen LogP contribution < -0.4 is 4.90 Å². The summed E-state index contributed by atoms with van der Waals surface area (Å²) in [6.45, 7) is 1.78. The molecule has 23 heavy (non-hydrogen) atoms. The number of aromatic nitrogens is 1. The number of halogens is 1. The minimum Gasteiger partial charge on any atom is -0.405 e. The summed E-state index contributed by atoms with van der Waals surface area (Å²) in [4.78, 5) is 30.9. The average Bonchev–Trinajstić information content (AvgIpc) is 2.77. The summed E-state index contributed by atoms with van der Waals surface area (Å²) < 4.78 is 11.0. The molecule has 1 aromatic carbocycles. The van der Waals surface area contributed by atoms with Crippen molar-refractivity contribution in [3.63, 3.8) is 0 Å². The van der Waals surface area contributed by atoms with Crippen molar-refractivity contribution < 1.29 is 19.1 Å². The largest absolute Gasteiger partial charge is 0.405 e. The van der Waals surface area contributed by atoms with Crippen LogP contribution in [0.2, 0.25) is 5.02 Å². The van der Waals surface area contributed by atoms with E-state index in [0.29, 0.717) is 16.9 Å². The third-order valence-electron chi connectivity index (χ3n) is 4.02.